The summed E-state index contributed by atoms with van der Waals surface area (Å²) in [7, 11) is 1.38. The number of aryl methyl sites for hydroxylation is 1. The van der Waals surface area contributed by atoms with E-state index in [1.807, 2.05) is 13.8 Å². The van der Waals surface area contributed by atoms with E-state index in [1.54, 1.807) is 18.2 Å². The largest absolute Gasteiger partial charge is 0.448 e. The Morgan fingerprint density at radius 2 is 1.92 bits per heavy atom. The van der Waals surface area contributed by atoms with Crippen molar-refractivity contribution in [1.82, 2.24) is 9.88 Å². The van der Waals surface area contributed by atoms with E-state index in [2.05, 4.69) is 32.4 Å². The summed E-state index contributed by atoms with van der Waals surface area (Å²) in [6, 6.07) is 4.75. The lowest BCUT2D eigenvalue weighted by Crippen LogP contribution is -2.29. The number of benzene rings is 1. The number of carbonyl (C=O) groups excluding carboxylic acids is 3. The van der Waals surface area contributed by atoms with Crippen molar-refractivity contribution in [2.45, 2.75) is 26.7 Å². The number of amides is 3. The summed E-state index contributed by atoms with van der Waals surface area (Å²) < 4.78 is 40.3. The number of H-pyrrole nitrogens is 1. The Labute approximate surface area is 225 Å². The number of methoxy groups -OCH3 is 1. The maximum atomic E-state index is 15.1. The van der Waals surface area contributed by atoms with Crippen LogP contribution in [0.2, 0.25) is 0 Å². The minimum Gasteiger partial charge on any atom is -0.448 e. The molecule has 0 unspecified atom stereocenters. The molecule has 4 N–H and O–H groups in total. The number of allylic oxidation sites excluding steroid dienone is 1. The van der Waals surface area contributed by atoms with Crippen molar-refractivity contribution in [3.8, 4) is 0 Å². The smallest absolute Gasteiger partial charge is 0.411 e. The summed E-state index contributed by atoms with van der Waals surface area (Å²) >= 11 is 0. The topological polar surface area (TPSA) is 125 Å². The van der Waals surface area contributed by atoms with Crippen molar-refractivity contribution in [3.05, 3.63) is 53.4 Å². The molecule has 3 rings (SSSR count). The molecule has 210 valence electrons. The predicted octanol–water partition coefficient (Wildman–Crippen LogP) is 4.57. The number of halogens is 2. The Kier molecular flexibility index (Phi) is 9.60. The second kappa shape index (κ2) is 12.7. The molecule has 0 saturated carbocycles. The molecular weight excluding hydrogens is 512 g/mol. The number of aromatic nitrogens is 1. The summed E-state index contributed by atoms with van der Waals surface area (Å²) in [4.78, 5) is 42.1. The maximum Gasteiger partial charge on any atom is 0.411 e. The van der Waals surface area contributed by atoms with Crippen molar-refractivity contribution in [2.24, 2.45) is 0 Å². The Hall–Kier alpha value is -4.03. The lowest BCUT2D eigenvalue weighted by atomic mass is 10.0. The fourth-order valence-electron chi connectivity index (χ4n) is 4.19. The number of hydrogen-bond donors (Lipinski definition) is 4. The zero-order chi connectivity index (χ0) is 28.7. The number of fused-ring (bicyclic) bond motifs is 1. The van der Waals surface area contributed by atoms with Crippen LogP contribution in [0, 0.1) is 6.92 Å². The molecular formula is C27H33F2N5O5. The number of hydrogen-bond acceptors (Lipinski definition) is 6. The highest BCUT2D eigenvalue weighted by Crippen LogP contribution is 2.42. The molecule has 0 radical (unpaired) electrons. The molecule has 10 nitrogen and oxygen atoms in total. The van der Waals surface area contributed by atoms with Crippen LogP contribution in [0.25, 0.3) is 11.6 Å². The molecule has 0 spiro atoms. The Morgan fingerprint density at radius 1 is 1.21 bits per heavy atom. The highest BCUT2D eigenvalue weighted by molar-refractivity contribution is 6.35. The minimum atomic E-state index is -3.56. The Balaban J connectivity index is 1.96. The van der Waals surface area contributed by atoms with E-state index in [0.717, 1.165) is 13.1 Å². The summed E-state index contributed by atoms with van der Waals surface area (Å²) in [5.74, 6) is -4.47. The first-order valence-electron chi connectivity index (χ1n) is 12.4. The first kappa shape index (κ1) is 29.5. The first-order valence-corrected chi connectivity index (χ1v) is 12.4. The summed E-state index contributed by atoms with van der Waals surface area (Å²) in [5, 5.41) is 7.75. The molecule has 12 heteroatoms. The second-order valence-corrected chi connectivity index (χ2v) is 8.78. The lowest BCUT2D eigenvalue weighted by Gasteiger charge is -2.18. The molecule has 0 fully saturated rings. The quantitative estimate of drug-likeness (QED) is 0.229. The van der Waals surface area contributed by atoms with Gasteiger partial charge in [0.25, 0.3) is 11.8 Å². The monoisotopic (exact) mass is 545 g/mol. The summed E-state index contributed by atoms with van der Waals surface area (Å²) in [6.45, 7) is 10.7. The van der Waals surface area contributed by atoms with Crippen LogP contribution in [0.15, 0.2) is 30.9 Å². The second-order valence-electron chi connectivity index (χ2n) is 8.78. The number of anilines is 3. The van der Waals surface area contributed by atoms with Crippen LogP contribution in [-0.4, -0.2) is 67.7 Å². The van der Waals surface area contributed by atoms with Gasteiger partial charge in [0.15, 0.2) is 0 Å². The van der Waals surface area contributed by atoms with Crippen LogP contribution in [0.3, 0.4) is 0 Å². The van der Waals surface area contributed by atoms with Gasteiger partial charge in [-0.25, -0.2) is 4.79 Å². The molecule has 39 heavy (non-hydrogen) atoms. The number of likely N-dealkylation sites (N-methyl/N-ethyl adjacent to an activating group) is 1. The van der Waals surface area contributed by atoms with E-state index in [1.165, 1.54) is 20.1 Å². The molecule has 0 saturated heterocycles. The van der Waals surface area contributed by atoms with Crippen molar-refractivity contribution >= 4 is 46.6 Å². The maximum absolute atomic E-state index is 15.1. The molecule has 1 aliphatic heterocycles. The van der Waals surface area contributed by atoms with E-state index < -0.39 is 29.4 Å². The van der Waals surface area contributed by atoms with Gasteiger partial charge in [0.05, 0.1) is 22.5 Å². The van der Waals surface area contributed by atoms with Crippen molar-refractivity contribution < 1.29 is 32.6 Å². The van der Waals surface area contributed by atoms with Gasteiger partial charge in [-0.05, 0) is 50.4 Å². The number of nitrogens with zero attached hydrogens (tertiary/aromatic N) is 1. The van der Waals surface area contributed by atoms with E-state index >= 15 is 8.78 Å². The summed E-state index contributed by atoms with van der Waals surface area (Å²) in [5.41, 5.74) is 0.747. The molecule has 0 bridgehead atoms. The number of alkyl halides is 2. The van der Waals surface area contributed by atoms with E-state index in [-0.39, 0.29) is 35.9 Å². The van der Waals surface area contributed by atoms with E-state index in [0.29, 0.717) is 29.6 Å². The normalized spacial score (nSPS) is 13.8. The van der Waals surface area contributed by atoms with Gasteiger partial charge in [-0.3, -0.25) is 14.9 Å². The van der Waals surface area contributed by atoms with Gasteiger partial charge in [-0.1, -0.05) is 20.4 Å². The third-order valence-corrected chi connectivity index (χ3v) is 6.22. The van der Waals surface area contributed by atoms with Crippen LogP contribution in [-0.2, 0) is 25.0 Å². The number of aromatic amines is 1. The van der Waals surface area contributed by atoms with Gasteiger partial charge < -0.3 is 30.0 Å². The molecule has 0 atom stereocenters. The summed E-state index contributed by atoms with van der Waals surface area (Å²) in [6.07, 6.45) is 0.851. The SMILES string of the molecule is C=CC(F)(F)c1c(/C=C2\C(=O)Nc3ccc(NC(=O)COC)cc32)[nH]c(C)c1NC(=O)OCCN(CC)CC. The third-order valence-electron chi connectivity index (χ3n) is 6.22. The molecule has 0 aliphatic carbocycles. The predicted molar refractivity (Wildman–Crippen MR) is 146 cm³/mol. The zero-order valence-electron chi connectivity index (χ0n) is 22.4. The van der Waals surface area contributed by atoms with Crippen LogP contribution in [0.5, 0.6) is 0 Å². The first-order chi connectivity index (χ1) is 18.5. The standard InChI is InChI=1S/C27H33F2N5O5/c1-6-27(28,29)23-21(30-16(4)24(23)33-26(37)39-12-11-34(7-2)8-3)14-19-18-13-17(31-22(35)15-38-5)9-10-20(18)32-25(19)36/h6,9-10,13-14,30H,1,7-8,11-12,15H2,2-5H3,(H,31,35)(H,32,36)(H,33,37)/b19-14-. The Morgan fingerprint density at radius 3 is 2.56 bits per heavy atom. The van der Waals surface area contributed by atoms with Crippen molar-refractivity contribution in [1.29, 1.82) is 0 Å². The number of ether oxygens (including phenoxy) is 2. The highest BCUT2D eigenvalue weighted by Gasteiger charge is 2.37. The molecule has 3 amide bonds. The zero-order valence-corrected chi connectivity index (χ0v) is 22.4. The van der Waals surface area contributed by atoms with Gasteiger partial charge in [0.2, 0.25) is 5.91 Å². The lowest BCUT2D eigenvalue weighted by molar-refractivity contribution is -0.119. The fraction of sp³-hybridized carbons (Fsp3) is 0.370. The third kappa shape index (κ3) is 6.89. The molecule has 1 aliphatic rings. The van der Waals surface area contributed by atoms with Crippen LogP contribution in [0.4, 0.5) is 30.6 Å². The highest BCUT2D eigenvalue weighted by atomic mass is 19.3. The van der Waals surface area contributed by atoms with Crippen LogP contribution >= 0.6 is 0 Å². The van der Waals surface area contributed by atoms with Crippen LogP contribution in [0.1, 0.15) is 36.4 Å². The van der Waals surface area contributed by atoms with Gasteiger partial charge in [-0.15, -0.1) is 0 Å². The number of rotatable bonds is 12. The average molecular weight is 546 g/mol. The molecule has 1 aromatic carbocycles. The fourth-order valence-corrected chi connectivity index (χ4v) is 4.19. The van der Waals surface area contributed by atoms with Crippen molar-refractivity contribution in [2.75, 3.05) is 55.9 Å². The average Bonchev–Trinajstić information content (AvgIpc) is 3.37. The van der Waals surface area contributed by atoms with E-state index in [9.17, 15) is 14.4 Å². The van der Waals surface area contributed by atoms with Gasteiger partial charge in [0, 0.05) is 36.3 Å². The molecule has 2 aromatic rings. The Bertz CT molecular complexity index is 1280. The molecule has 1 aromatic heterocycles. The molecule has 2 heterocycles. The number of carbonyl (C=O) groups is 3. The van der Waals surface area contributed by atoms with Crippen LogP contribution < -0.4 is 16.0 Å². The number of nitrogens with one attached hydrogen (secondary N) is 4. The van der Waals surface area contributed by atoms with Gasteiger partial charge in [0.1, 0.15) is 13.2 Å². The van der Waals surface area contributed by atoms with Crippen molar-refractivity contribution in [3.63, 3.8) is 0 Å². The van der Waals surface area contributed by atoms with Gasteiger partial charge >= 0.3 is 6.09 Å². The van der Waals surface area contributed by atoms with Gasteiger partial charge in [-0.2, -0.15) is 8.78 Å². The van der Waals surface area contributed by atoms with E-state index in [4.69, 9.17) is 9.47 Å². The minimum absolute atomic E-state index is 0.0846.